The minimum Gasteiger partial charge on any atom is -0.393 e. The van der Waals surface area contributed by atoms with Gasteiger partial charge in [0, 0.05) is 0 Å². The Balaban J connectivity index is 2.14. The van der Waals surface area contributed by atoms with Gasteiger partial charge in [-0.25, -0.2) is 0 Å². The van der Waals surface area contributed by atoms with E-state index in [4.69, 9.17) is 0 Å². The van der Waals surface area contributed by atoms with Gasteiger partial charge in [-0.2, -0.15) is 5.26 Å². The predicted octanol–water partition coefficient (Wildman–Crippen LogP) is 5.82. The Labute approximate surface area is 147 Å². The average molecular weight is 328 g/mol. The normalized spacial score (nSPS) is 21.5. The lowest BCUT2D eigenvalue weighted by molar-refractivity contribution is 0.119. The number of rotatable bonds is 7. The van der Waals surface area contributed by atoms with Crippen molar-refractivity contribution < 1.29 is 5.11 Å². The minimum absolute atomic E-state index is 0.115. The summed E-state index contributed by atoms with van der Waals surface area (Å²) >= 11 is 0. The van der Waals surface area contributed by atoms with Crippen molar-refractivity contribution in [2.75, 3.05) is 0 Å². The molecule has 1 saturated carbocycles. The molecule has 2 rings (SSSR count). The Kier molecular flexibility index (Phi) is 6.87. The summed E-state index contributed by atoms with van der Waals surface area (Å²) in [4.78, 5) is 0. The van der Waals surface area contributed by atoms with Crippen LogP contribution in [-0.2, 0) is 5.41 Å². The van der Waals surface area contributed by atoms with E-state index in [1.807, 2.05) is 0 Å². The fraction of sp³-hybridized carbons (Fsp3) is 0.682. The van der Waals surface area contributed by atoms with E-state index in [1.165, 1.54) is 37.7 Å². The number of benzene rings is 1. The molecule has 2 atom stereocenters. The quantitative estimate of drug-likeness (QED) is 0.641. The molecule has 132 valence electrons. The van der Waals surface area contributed by atoms with Crippen molar-refractivity contribution in [2.24, 2.45) is 0 Å². The summed E-state index contributed by atoms with van der Waals surface area (Å²) in [7, 11) is 0. The van der Waals surface area contributed by atoms with Crippen LogP contribution >= 0.6 is 0 Å². The third-order valence-corrected chi connectivity index (χ3v) is 5.70. The Morgan fingerprint density at radius 2 is 2.00 bits per heavy atom. The number of nitrogens with zero attached hydrogens (tertiary/aromatic N) is 1. The van der Waals surface area contributed by atoms with Gasteiger partial charge in [-0.15, -0.1) is 0 Å². The lowest BCUT2D eigenvalue weighted by Gasteiger charge is -2.29. The molecule has 0 bridgehead atoms. The number of aliphatic hydroxyl groups is 1. The third-order valence-electron chi connectivity index (χ3n) is 5.70. The molecule has 0 aliphatic heterocycles. The lowest BCUT2D eigenvalue weighted by Crippen LogP contribution is -2.20. The van der Waals surface area contributed by atoms with Crippen LogP contribution in [0.4, 0.5) is 0 Å². The van der Waals surface area contributed by atoms with Crippen molar-refractivity contribution in [1.82, 2.24) is 0 Å². The number of aliphatic hydroxyl groups excluding tert-OH is 1. The number of unbranched alkanes of at least 4 members (excludes halogenated alkanes) is 3. The van der Waals surface area contributed by atoms with Gasteiger partial charge in [-0.3, -0.25) is 0 Å². The molecule has 2 heteroatoms. The Morgan fingerprint density at radius 3 is 2.67 bits per heavy atom. The molecule has 0 aromatic heterocycles. The molecule has 2 nitrogen and oxygen atoms in total. The highest BCUT2D eigenvalue weighted by Crippen LogP contribution is 2.37. The monoisotopic (exact) mass is 327 g/mol. The van der Waals surface area contributed by atoms with Crippen molar-refractivity contribution in [1.29, 1.82) is 5.26 Å². The third kappa shape index (κ3) is 4.84. The summed E-state index contributed by atoms with van der Waals surface area (Å²) in [5.41, 5.74) is 3.34. The van der Waals surface area contributed by atoms with Crippen molar-refractivity contribution in [3.63, 3.8) is 0 Å². The summed E-state index contributed by atoms with van der Waals surface area (Å²) < 4.78 is 0. The Hall–Kier alpha value is -1.33. The molecule has 1 aliphatic carbocycles. The van der Waals surface area contributed by atoms with Crippen LogP contribution in [-0.4, -0.2) is 11.2 Å². The molecular formula is C22H33NO. The topological polar surface area (TPSA) is 44.0 Å². The van der Waals surface area contributed by atoms with Crippen LogP contribution in [0.2, 0.25) is 0 Å². The van der Waals surface area contributed by atoms with Crippen LogP contribution in [0, 0.1) is 11.3 Å². The molecule has 1 aliphatic rings. The molecule has 0 heterocycles. The van der Waals surface area contributed by atoms with Gasteiger partial charge >= 0.3 is 0 Å². The van der Waals surface area contributed by atoms with E-state index >= 15 is 0 Å². The van der Waals surface area contributed by atoms with Gasteiger partial charge in [-0.1, -0.05) is 65.0 Å². The zero-order chi connectivity index (χ0) is 17.6. The SMILES string of the molecule is CCCCCCC(C)(C)c1ccc(C2CCCC(O)C2)c(C#N)c1. The van der Waals surface area contributed by atoms with Gasteiger partial charge < -0.3 is 5.11 Å². The molecule has 0 spiro atoms. The van der Waals surface area contributed by atoms with E-state index in [0.717, 1.165) is 36.8 Å². The van der Waals surface area contributed by atoms with Crippen LogP contribution in [0.5, 0.6) is 0 Å². The predicted molar refractivity (Wildman–Crippen MR) is 100 cm³/mol. The number of hydrogen-bond donors (Lipinski definition) is 1. The second-order valence-electron chi connectivity index (χ2n) is 8.13. The highest BCUT2D eigenvalue weighted by molar-refractivity contribution is 5.44. The maximum absolute atomic E-state index is 9.95. The second kappa shape index (κ2) is 8.67. The lowest BCUT2D eigenvalue weighted by atomic mass is 9.76. The minimum atomic E-state index is -0.204. The van der Waals surface area contributed by atoms with Gasteiger partial charge in [0.15, 0.2) is 0 Å². The van der Waals surface area contributed by atoms with Crippen molar-refractivity contribution in [3.05, 3.63) is 34.9 Å². The molecule has 1 N–H and O–H groups in total. The smallest absolute Gasteiger partial charge is 0.0994 e. The fourth-order valence-electron chi connectivity index (χ4n) is 4.01. The van der Waals surface area contributed by atoms with Crippen molar-refractivity contribution in [3.8, 4) is 6.07 Å². The summed E-state index contributed by atoms with van der Waals surface area (Å²) in [6.07, 6.45) is 9.93. The van der Waals surface area contributed by atoms with Gasteiger partial charge in [0.2, 0.25) is 0 Å². The Bertz CT molecular complexity index is 570. The first-order chi connectivity index (χ1) is 11.5. The standard InChI is InChI=1S/C22H33NO/c1-4-5-6-7-13-22(2,3)19-11-12-21(18(14-19)16-23)17-9-8-10-20(24)15-17/h11-12,14,17,20,24H,4-10,13,15H2,1-3H3. The second-order valence-corrected chi connectivity index (χ2v) is 8.13. The van der Waals surface area contributed by atoms with Crippen LogP contribution in [0.25, 0.3) is 0 Å². The summed E-state index contributed by atoms with van der Waals surface area (Å²) in [5, 5.41) is 19.6. The van der Waals surface area contributed by atoms with E-state index in [2.05, 4.69) is 45.0 Å². The van der Waals surface area contributed by atoms with Gasteiger partial charge in [0.25, 0.3) is 0 Å². The molecule has 2 unspecified atom stereocenters. The molecule has 0 radical (unpaired) electrons. The molecule has 1 aromatic carbocycles. The fourth-order valence-corrected chi connectivity index (χ4v) is 4.01. The zero-order valence-corrected chi connectivity index (χ0v) is 15.6. The van der Waals surface area contributed by atoms with Crippen LogP contribution < -0.4 is 0 Å². The zero-order valence-electron chi connectivity index (χ0n) is 15.6. The Morgan fingerprint density at radius 1 is 1.21 bits per heavy atom. The first kappa shape index (κ1) is 19.0. The number of nitriles is 1. The van der Waals surface area contributed by atoms with E-state index in [-0.39, 0.29) is 11.5 Å². The average Bonchev–Trinajstić information content (AvgIpc) is 2.58. The summed E-state index contributed by atoms with van der Waals surface area (Å²) in [5.74, 6) is 0.338. The summed E-state index contributed by atoms with van der Waals surface area (Å²) in [6.45, 7) is 6.82. The highest BCUT2D eigenvalue weighted by atomic mass is 16.3. The van der Waals surface area contributed by atoms with Crippen LogP contribution in [0.1, 0.15) is 101 Å². The van der Waals surface area contributed by atoms with E-state index in [9.17, 15) is 10.4 Å². The highest BCUT2D eigenvalue weighted by Gasteiger charge is 2.26. The largest absolute Gasteiger partial charge is 0.393 e. The van der Waals surface area contributed by atoms with Gasteiger partial charge in [0.1, 0.15) is 0 Å². The first-order valence-electron chi connectivity index (χ1n) is 9.70. The molecular weight excluding hydrogens is 294 g/mol. The maximum atomic E-state index is 9.95. The van der Waals surface area contributed by atoms with E-state index in [0.29, 0.717) is 5.92 Å². The summed E-state index contributed by atoms with van der Waals surface area (Å²) in [6, 6.07) is 8.90. The maximum Gasteiger partial charge on any atom is 0.0994 e. The molecule has 1 aromatic rings. The molecule has 0 amide bonds. The van der Waals surface area contributed by atoms with Gasteiger partial charge in [0.05, 0.1) is 17.7 Å². The molecule has 0 saturated heterocycles. The van der Waals surface area contributed by atoms with Crippen LogP contribution in [0.3, 0.4) is 0 Å². The van der Waals surface area contributed by atoms with Gasteiger partial charge in [-0.05, 0) is 54.2 Å². The van der Waals surface area contributed by atoms with E-state index in [1.54, 1.807) is 0 Å². The molecule has 1 fully saturated rings. The molecule has 24 heavy (non-hydrogen) atoms. The van der Waals surface area contributed by atoms with E-state index < -0.39 is 0 Å². The first-order valence-corrected chi connectivity index (χ1v) is 9.70. The van der Waals surface area contributed by atoms with Crippen molar-refractivity contribution >= 4 is 0 Å². The van der Waals surface area contributed by atoms with Crippen LogP contribution in [0.15, 0.2) is 18.2 Å². The van der Waals surface area contributed by atoms with Crippen molar-refractivity contribution in [2.45, 2.75) is 96.0 Å². The number of hydrogen-bond acceptors (Lipinski definition) is 2.